The number of ether oxygens (including phenoxy) is 1. The van der Waals surface area contributed by atoms with E-state index < -0.39 is 0 Å². The first-order chi connectivity index (χ1) is 13.7. The van der Waals surface area contributed by atoms with Crippen molar-refractivity contribution in [1.82, 2.24) is 10.3 Å². The number of nitrogens with two attached hydrogens (primary N) is 1. The van der Waals surface area contributed by atoms with Gasteiger partial charge in [0.15, 0.2) is 0 Å². The van der Waals surface area contributed by atoms with Crippen molar-refractivity contribution in [2.75, 3.05) is 19.6 Å². The van der Waals surface area contributed by atoms with Crippen LogP contribution < -0.4 is 15.8 Å². The number of aromatic hydroxyl groups is 1. The molecule has 6 nitrogen and oxygen atoms in total. The van der Waals surface area contributed by atoms with E-state index in [-0.39, 0.29) is 36.7 Å². The number of aromatic nitrogens is 1. The molecule has 8 heteroatoms. The second-order valence-electron chi connectivity index (χ2n) is 7.13. The van der Waals surface area contributed by atoms with Gasteiger partial charge in [-0.2, -0.15) is 0 Å². The highest BCUT2D eigenvalue weighted by atomic mass is 35.5. The first kappa shape index (κ1) is 23.9. The number of halogens is 2. The molecule has 162 valence electrons. The number of H-pyrrole nitrogens is 1. The van der Waals surface area contributed by atoms with Crippen LogP contribution in [0.5, 0.6) is 11.5 Å². The molecule has 1 fully saturated rings. The largest absolute Gasteiger partial charge is 0.505 e. The predicted octanol–water partition coefficient (Wildman–Crippen LogP) is 4.24. The van der Waals surface area contributed by atoms with E-state index in [2.05, 4.69) is 22.2 Å². The summed E-state index contributed by atoms with van der Waals surface area (Å²) < 4.78 is 5.97. The molecular formula is C22H28Cl2N4O2. The molecule has 2 heterocycles. The molecule has 0 spiro atoms. The van der Waals surface area contributed by atoms with Crippen LogP contribution in [0.1, 0.15) is 25.3 Å². The van der Waals surface area contributed by atoms with Gasteiger partial charge in [0.25, 0.3) is 0 Å². The Morgan fingerprint density at radius 2 is 1.97 bits per heavy atom. The van der Waals surface area contributed by atoms with Gasteiger partial charge in [-0.15, -0.1) is 24.8 Å². The lowest BCUT2D eigenvalue weighted by atomic mass is 10.1. The minimum Gasteiger partial charge on any atom is -0.505 e. The molecule has 1 saturated heterocycles. The summed E-state index contributed by atoms with van der Waals surface area (Å²) in [7, 11) is 0. The van der Waals surface area contributed by atoms with Crippen molar-refractivity contribution in [2.24, 2.45) is 10.7 Å². The molecule has 1 atom stereocenters. The minimum atomic E-state index is 0. The molecule has 0 aliphatic carbocycles. The number of aliphatic imine (C=N–C) groups is 1. The number of hydrogen-bond donors (Lipinski definition) is 4. The quantitative estimate of drug-likeness (QED) is 0.333. The van der Waals surface area contributed by atoms with Crippen LogP contribution >= 0.6 is 24.8 Å². The van der Waals surface area contributed by atoms with Crippen molar-refractivity contribution in [2.45, 2.75) is 25.9 Å². The Balaban J connectivity index is 0.00000160. The Morgan fingerprint density at radius 3 is 2.63 bits per heavy atom. The highest BCUT2D eigenvalue weighted by Crippen LogP contribution is 2.37. The Morgan fingerprint density at radius 1 is 1.20 bits per heavy atom. The third-order valence-electron chi connectivity index (χ3n) is 5.03. The summed E-state index contributed by atoms with van der Waals surface area (Å²) in [6, 6.07) is 13.5. The van der Waals surface area contributed by atoms with Crippen LogP contribution in [0.25, 0.3) is 22.2 Å². The zero-order valence-electron chi connectivity index (χ0n) is 16.9. The highest BCUT2D eigenvalue weighted by molar-refractivity contribution is 6.03. The van der Waals surface area contributed by atoms with Crippen molar-refractivity contribution < 1.29 is 9.84 Å². The topological polar surface area (TPSA) is 95.7 Å². The van der Waals surface area contributed by atoms with E-state index in [1.54, 1.807) is 0 Å². The zero-order valence-corrected chi connectivity index (χ0v) is 18.5. The summed E-state index contributed by atoms with van der Waals surface area (Å²) in [6.45, 7) is 4.66. The summed E-state index contributed by atoms with van der Waals surface area (Å²) in [6.07, 6.45) is 2.20. The van der Waals surface area contributed by atoms with Crippen LogP contribution in [-0.2, 0) is 0 Å². The van der Waals surface area contributed by atoms with Gasteiger partial charge in [0.05, 0.1) is 11.2 Å². The summed E-state index contributed by atoms with van der Waals surface area (Å²) in [5.41, 5.74) is 9.34. The van der Waals surface area contributed by atoms with Gasteiger partial charge in [-0.1, -0.05) is 13.0 Å². The Bertz CT molecular complexity index is 996. The van der Waals surface area contributed by atoms with Gasteiger partial charge in [0, 0.05) is 29.6 Å². The van der Waals surface area contributed by atoms with Crippen LogP contribution in [-0.4, -0.2) is 41.7 Å². The van der Waals surface area contributed by atoms with E-state index in [1.807, 2.05) is 42.5 Å². The maximum Gasteiger partial charge on any atom is 0.148 e. The Hall–Kier alpha value is -2.41. The fraction of sp³-hybridized carbons (Fsp3) is 0.318. The first-order valence-corrected chi connectivity index (χ1v) is 9.78. The molecule has 0 amide bonds. The molecule has 0 bridgehead atoms. The van der Waals surface area contributed by atoms with Crippen molar-refractivity contribution in [3.63, 3.8) is 0 Å². The van der Waals surface area contributed by atoms with Gasteiger partial charge >= 0.3 is 0 Å². The SMILES string of the molecule is CCCN=C(N)c1ccc2c(O)c(-c3ccc(O[C@H]4CCNC4)cc3)[nH]c2c1.Cl.Cl. The molecule has 5 N–H and O–H groups in total. The lowest BCUT2D eigenvalue weighted by Crippen LogP contribution is -2.19. The smallest absolute Gasteiger partial charge is 0.148 e. The number of nitrogens with zero attached hydrogens (tertiary/aromatic N) is 1. The molecule has 1 aliphatic heterocycles. The molecule has 0 unspecified atom stereocenters. The summed E-state index contributed by atoms with van der Waals surface area (Å²) >= 11 is 0. The molecule has 1 aromatic heterocycles. The highest BCUT2D eigenvalue weighted by Gasteiger charge is 2.17. The normalized spacial score (nSPS) is 16.2. The van der Waals surface area contributed by atoms with Gasteiger partial charge < -0.3 is 25.9 Å². The van der Waals surface area contributed by atoms with E-state index in [1.165, 1.54) is 0 Å². The molecule has 1 aliphatic rings. The van der Waals surface area contributed by atoms with Crippen LogP contribution in [0.2, 0.25) is 0 Å². The number of amidine groups is 1. The molecular weight excluding hydrogens is 423 g/mol. The fourth-order valence-corrected chi connectivity index (χ4v) is 3.50. The van der Waals surface area contributed by atoms with Gasteiger partial charge in [-0.25, -0.2) is 0 Å². The fourth-order valence-electron chi connectivity index (χ4n) is 3.50. The Labute approximate surface area is 188 Å². The Kier molecular flexibility index (Phi) is 8.41. The molecule has 2 aromatic carbocycles. The molecule has 0 radical (unpaired) electrons. The molecule has 0 saturated carbocycles. The lowest BCUT2D eigenvalue weighted by Gasteiger charge is -2.12. The van der Waals surface area contributed by atoms with Gasteiger partial charge in [0.1, 0.15) is 23.4 Å². The predicted molar refractivity (Wildman–Crippen MR) is 128 cm³/mol. The van der Waals surface area contributed by atoms with Crippen LogP contribution in [0.4, 0.5) is 0 Å². The number of hydrogen-bond acceptors (Lipinski definition) is 4. The lowest BCUT2D eigenvalue weighted by molar-refractivity contribution is 0.223. The summed E-state index contributed by atoms with van der Waals surface area (Å²) in [4.78, 5) is 7.67. The third kappa shape index (κ3) is 5.01. The number of fused-ring (bicyclic) bond motifs is 1. The van der Waals surface area contributed by atoms with E-state index in [9.17, 15) is 5.11 Å². The average Bonchev–Trinajstić information content (AvgIpc) is 3.34. The molecule has 3 aromatic rings. The maximum absolute atomic E-state index is 10.7. The van der Waals surface area contributed by atoms with Crippen molar-refractivity contribution in [3.05, 3.63) is 48.0 Å². The van der Waals surface area contributed by atoms with E-state index >= 15 is 0 Å². The maximum atomic E-state index is 10.7. The van der Waals surface area contributed by atoms with Gasteiger partial charge in [-0.3, -0.25) is 4.99 Å². The third-order valence-corrected chi connectivity index (χ3v) is 5.03. The van der Waals surface area contributed by atoms with Gasteiger partial charge in [0.2, 0.25) is 0 Å². The number of nitrogens with one attached hydrogen (secondary N) is 2. The van der Waals surface area contributed by atoms with Crippen LogP contribution in [0.15, 0.2) is 47.5 Å². The van der Waals surface area contributed by atoms with Crippen molar-refractivity contribution >= 4 is 41.6 Å². The van der Waals surface area contributed by atoms with E-state index in [0.717, 1.165) is 53.7 Å². The van der Waals surface area contributed by atoms with E-state index in [4.69, 9.17) is 10.5 Å². The first-order valence-electron chi connectivity index (χ1n) is 9.78. The van der Waals surface area contributed by atoms with Crippen molar-refractivity contribution in [1.29, 1.82) is 0 Å². The van der Waals surface area contributed by atoms with Gasteiger partial charge in [-0.05, 0) is 55.8 Å². The minimum absolute atomic E-state index is 0. The van der Waals surface area contributed by atoms with E-state index in [0.29, 0.717) is 18.1 Å². The van der Waals surface area contributed by atoms with Crippen LogP contribution in [0, 0.1) is 0 Å². The van der Waals surface area contributed by atoms with Crippen LogP contribution in [0.3, 0.4) is 0 Å². The summed E-state index contributed by atoms with van der Waals surface area (Å²) in [5, 5.41) is 14.7. The monoisotopic (exact) mass is 450 g/mol. The number of benzene rings is 2. The number of aromatic amines is 1. The zero-order chi connectivity index (χ0) is 19.5. The second kappa shape index (κ2) is 10.6. The average molecular weight is 451 g/mol. The second-order valence-corrected chi connectivity index (χ2v) is 7.13. The van der Waals surface area contributed by atoms with Crippen molar-refractivity contribution in [3.8, 4) is 22.8 Å². The number of rotatable bonds is 6. The molecule has 4 rings (SSSR count). The molecule has 30 heavy (non-hydrogen) atoms. The standard InChI is InChI=1S/C22H26N4O2.2ClH/c1-2-10-25-22(23)15-5-8-18-19(12-15)26-20(21(18)27)14-3-6-16(7-4-14)28-17-9-11-24-13-17;;/h3-8,12,17,24,26-27H,2,9-11,13H2,1H3,(H2,23,25);2*1H/t17-;;/m0../s1. The summed E-state index contributed by atoms with van der Waals surface area (Å²) in [5.74, 6) is 1.59.